The van der Waals surface area contributed by atoms with Crippen LogP contribution in [0.5, 0.6) is 0 Å². The van der Waals surface area contributed by atoms with Gasteiger partial charge in [-0.05, 0) is 46.9 Å². The third-order valence-electron chi connectivity index (χ3n) is 8.09. The van der Waals surface area contributed by atoms with Crippen LogP contribution in [-0.4, -0.2) is 24.4 Å². The lowest BCUT2D eigenvalue weighted by Gasteiger charge is -2.51. The van der Waals surface area contributed by atoms with E-state index >= 15 is 0 Å². The second kappa shape index (κ2) is 9.25. The van der Waals surface area contributed by atoms with Crippen LogP contribution in [0.3, 0.4) is 0 Å². The van der Waals surface area contributed by atoms with Gasteiger partial charge in [0.15, 0.2) is 0 Å². The monoisotopic (exact) mass is 557 g/mol. The van der Waals surface area contributed by atoms with Crippen LogP contribution < -0.4 is 4.90 Å². The Labute approximate surface area is 224 Å². The molecule has 2 atom stereocenters. The molecule has 3 aliphatic carbocycles. The summed E-state index contributed by atoms with van der Waals surface area (Å²) >= 11 is 4.02. The summed E-state index contributed by atoms with van der Waals surface area (Å²) < 4.78 is 4.65. The maximum Gasteiger partial charge on any atom is 0.338 e. The molecule has 0 spiro atoms. The molecule has 0 N–H and O–H groups in total. The van der Waals surface area contributed by atoms with Gasteiger partial charge in [-0.25, -0.2) is 9.69 Å². The zero-order valence-electron chi connectivity index (χ0n) is 20.7. The van der Waals surface area contributed by atoms with Crippen molar-refractivity contribution < 1.29 is 19.1 Å². The minimum absolute atomic E-state index is 0.199. The average molecular weight is 558 g/mol. The van der Waals surface area contributed by atoms with E-state index in [-0.39, 0.29) is 17.7 Å². The maximum absolute atomic E-state index is 14.1. The van der Waals surface area contributed by atoms with Crippen molar-refractivity contribution in [3.63, 3.8) is 0 Å². The molecule has 0 radical (unpaired) electrons. The van der Waals surface area contributed by atoms with Gasteiger partial charge in [0.05, 0.1) is 34.0 Å². The van der Waals surface area contributed by atoms with Crippen LogP contribution in [0.25, 0.3) is 0 Å². The molecule has 7 rings (SSSR count). The smallest absolute Gasteiger partial charge is 0.338 e. The molecule has 0 saturated carbocycles. The Hall–Kier alpha value is -3.25. The van der Waals surface area contributed by atoms with Crippen LogP contribution in [0.2, 0.25) is 0 Å². The summed E-state index contributed by atoms with van der Waals surface area (Å²) in [4.78, 5) is 42.1. The number of anilines is 1. The lowest BCUT2D eigenvalue weighted by Crippen LogP contribution is -2.50. The molecular formula is C31H28BrNO4. The molecule has 0 aromatic heterocycles. The fraction of sp³-hybridized carbons (Fsp3) is 0.323. The quantitative estimate of drug-likeness (QED) is 0.147. The number of carbonyl (C=O) groups is 3. The Morgan fingerprint density at radius 2 is 1.57 bits per heavy atom. The number of amides is 2. The Morgan fingerprint density at radius 1 is 0.892 bits per heavy atom. The van der Waals surface area contributed by atoms with Gasteiger partial charge < -0.3 is 4.74 Å². The van der Waals surface area contributed by atoms with Gasteiger partial charge in [0.2, 0.25) is 11.8 Å². The van der Waals surface area contributed by atoms with Crippen molar-refractivity contribution in [1.29, 1.82) is 0 Å². The molecule has 3 aromatic rings. The molecule has 2 amide bonds. The molecule has 188 valence electrons. The van der Waals surface area contributed by atoms with Crippen molar-refractivity contribution >= 4 is 39.4 Å². The fourth-order valence-electron chi connectivity index (χ4n) is 6.48. The predicted molar refractivity (Wildman–Crippen MR) is 145 cm³/mol. The van der Waals surface area contributed by atoms with Gasteiger partial charge in [0.1, 0.15) is 0 Å². The van der Waals surface area contributed by atoms with E-state index in [2.05, 4.69) is 47.1 Å². The van der Waals surface area contributed by atoms with Crippen molar-refractivity contribution in [2.75, 3.05) is 11.5 Å². The average Bonchev–Trinajstić information content (AvgIpc) is 3.20. The van der Waals surface area contributed by atoms with E-state index < -0.39 is 22.1 Å². The fourth-order valence-corrected chi connectivity index (χ4v) is 7.69. The number of ether oxygens (including phenoxy) is 1. The highest BCUT2D eigenvalue weighted by Crippen LogP contribution is 2.66. The first-order valence-electron chi connectivity index (χ1n) is 13.0. The molecule has 3 aromatic carbocycles. The lowest BCUT2D eigenvalue weighted by molar-refractivity contribution is -0.122. The van der Waals surface area contributed by atoms with Gasteiger partial charge >= 0.3 is 5.97 Å². The van der Waals surface area contributed by atoms with Gasteiger partial charge in [-0.1, -0.05) is 96.7 Å². The number of esters is 1. The molecule has 5 nitrogen and oxygen atoms in total. The standard InChI is InChI=1S/C31H28BrNO4/c1-2-3-4-9-17-37-30(36)19-11-10-12-20(18-19)33-28(34)26-25-21-13-5-7-15-23(21)31(32,27(26)29(33)35)24-16-8-6-14-22(24)25/h5-8,10-16,18,25-27H,2-4,9,17H2,1H3/t25?,26-,27+,31?/m0/s1. The van der Waals surface area contributed by atoms with Crippen LogP contribution in [0.1, 0.15) is 71.1 Å². The number of alkyl halides is 1. The number of nitrogens with zero attached hydrogens (tertiary/aromatic N) is 1. The number of unbranched alkanes of at least 4 members (excludes halogenated alkanes) is 3. The van der Waals surface area contributed by atoms with E-state index in [0.29, 0.717) is 17.9 Å². The number of carbonyl (C=O) groups excluding carboxylic acids is 3. The molecule has 2 bridgehead atoms. The minimum atomic E-state index is -0.796. The third kappa shape index (κ3) is 3.52. The summed E-state index contributed by atoms with van der Waals surface area (Å²) in [6, 6.07) is 22.9. The zero-order chi connectivity index (χ0) is 25.7. The Balaban J connectivity index is 1.35. The lowest BCUT2D eigenvalue weighted by atomic mass is 9.55. The number of imide groups is 1. The van der Waals surface area contributed by atoms with Gasteiger partial charge in [0.25, 0.3) is 0 Å². The number of rotatable bonds is 7. The highest BCUT2D eigenvalue weighted by atomic mass is 79.9. The second-order valence-electron chi connectivity index (χ2n) is 10.1. The molecule has 4 aliphatic rings. The summed E-state index contributed by atoms with van der Waals surface area (Å²) in [5.41, 5.74) is 5.01. The molecule has 1 fully saturated rings. The third-order valence-corrected chi connectivity index (χ3v) is 9.43. The van der Waals surface area contributed by atoms with Crippen LogP contribution in [0, 0.1) is 11.8 Å². The highest BCUT2D eigenvalue weighted by Gasteiger charge is 2.67. The van der Waals surface area contributed by atoms with E-state index in [4.69, 9.17) is 4.74 Å². The Bertz CT molecular complexity index is 1370. The molecule has 37 heavy (non-hydrogen) atoms. The molecular weight excluding hydrogens is 530 g/mol. The molecule has 1 heterocycles. The maximum atomic E-state index is 14.1. The molecule has 1 aliphatic heterocycles. The largest absolute Gasteiger partial charge is 0.462 e. The van der Waals surface area contributed by atoms with Crippen molar-refractivity contribution in [3.8, 4) is 0 Å². The highest BCUT2D eigenvalue weighted by molar-refractivity contribution is 9.09. The van der Waals surface area contributed by atoms with E-state index in [1.165, 1.54) is 4.90 Å². The summed E-state index contributed by atoms with van der Waals surface area (Å²) in [5, 5.41) is 0. The van der Waals surface area contributed by atoms with Gasteiger partial charge in [0, 0.05) is 5.92 Å². The second-order valence-corrected chi connectivity index (χ2v) is 11.4. The predicted octanol–water partition coefficient (Wildman–Crippen LogP) is 6.33. The van der Waals surface area contributed by atoms with E-state index in [9.17, 15) is 14.4 Å². The molecule has 1 saturated heterocycles. The van der Waals surface area contributed by atoms with Crippen molar-refractivity contribution in [2.24, 2.45) is 11.8 Å². The van der Waals surface area contributed by atoms with E-state index in [0.717, 1.165) is 47.9 Å². The summed E-state index contributed by atoms with van der Waals surface area (Å²) in [7, 11) is 0. The summed E-state index contributed by atoms with van der Waals surface area (Å²) in [6.45, 7) is 2.49. The SMILES string of the molecule is CCCCCCOC(=O)c1cccc(N2C(=O)[C@H]3C4c5ccccc5C(Br)(c5ccccc54)[C@H]3C2=O)c1. The van der Waals surface area contributed by atoms with Crippen molar-refractivity contribution in [2.45, 2.75) is 42.8 Å². The van der Waals surface area contributed by atoms with Crippen LogP contribution in [-0.2, 0) is 18.7 Å². The Morgan fingerprint density at radius 3 is 2.24 bits per heavy atom. The summed E-state index contributed by atoms with van der Waals surface area (Å²) in [5.74, 6) is -2.21. The van der Waals surface area contributed by atoms with Crippen LogP contribution >= 0.6 is 15.9 Å². The van der Waals surface area contributed by atoms with Gasteiger partial charge in [-0.3, -0.25) is 9.59 Å². The van der Waals surface area contributed by atoms with Gasteiger partial charge in [-0.2, -0.15) is 0 Å². The van der Waals surface area contributed by atoms with Gasteiger partial charge in [-0.15, -0.1) is 0 Å². The Kier molecular flexibility index (Phi) is 6.03. The number of halogens is 1. The van der Waals surface area contributed by atoms with Crippen LogP contribution in [0.4, 0.5) is 5.69 Å². The first-order chi connectivity index (χ1) is 18.0. The van der Waals surface area contributed by atoms with Crippen molar-refractivity contribution in [1.82, 2.24) is 0 Å². The first kappa shape index (κ1) is 24.1. The topological polar surface area (TPSA) is 63.7 Å². The number of hydrogen-bond acceptors (Lipinski definition) is 4. The van der Waals surface area contributed by atoms with Crippen molar-refractivity contribution in [3.05, 3.63) is 101 Å². The van der Waals surface area contributed by atoms with E-state index in [1.807, 2.05) is 24.3 Å². The zero-order valence-corrected chi connectivity index (χ0v) is 22.2. The molecule has 6 heteroatoms. The number of hydrogen-bond donors (Lipinski definition) is 0. The first-order valence-corrected chi connectivity index (χ1v) is 13.8. The summed E-state index contributed by atoms with van der Waals surface area (Å²) in [6.07, 6.45) is 4.06. The number of benzene rings is 3. The van der Waals surface area contributed by atoms with E-state index in [1.54, 1.807) is 24.3 Å². The van der Waals surface area contributed by atoms with Crippen LogP contribution in [0.15, 0.2) is 72.8 Å². The molecule has 0 unspecified atom stereocenters. The normalized spacial score (nSPS) is 25.0. The minimum Gasteiger partial charge on any atom is -0.462 e.